The summed E-state index contributed by atoms with van der Waals surface area (Å²) in [6.45, 7) is 0.151. The lowest BCUT2D eigenvalue weighted by Gasteiger charge is -2.06. The Bertz CT molecular complexity index is 996. The van der Waals surface area contributed by atoms with Crippen LogP contribution in [0.5, 0.6) is 11.5 Å². The van der Waals surface area contributed by atoms with Crippen molar-refractivity contribution in [3.63, 3.8) is 0 Å². The normalized spacial score (nSPS) is 12.7. The number of rotatable bonds is 3. The number of amides is 1. The second-order valence-corrected chi connectivity index (χ2v) is 5.84. The summed E-state index contributed by atoms with van der Waals surface area (Å²) in [4.78, 5) is 16.5. The molecule has 0 saturated carbocycles. The van der Waals surface area contributed by atoms with Gasteiger partial charge in [-0.2, -0.15) is 0 Å². The minimum absolute atomic E-state index is 0.151. The molecule has 0 atom stereocenters. The van der Waals surface area contributed by atoms with Crippen molar-refractivity contribution in [2.24, 2.45) is 0 Å². The van der Waals surface area contributed by atoms with Gasteiger partial charge in [0.1, 0.15) is 0 Å². The third kappa shape index (κ3) is 3.14. The molecule has 6 heteroatoms. The summed E-state index contributed by atoms with van der Waals surface area (Å²) in [6.07, 6.45) is 4.84. The van der Waals surface area contributed by atoms with Gasteiger partial charge in [-0.25, -0.2) is 0 Å². The van der Waals surface area contributed by atoms with Crippen molar-refractivity contribution in [1.29, 1.82) is 0 Å². The molecular formula is C19H13ClN2O3. The van der Waals surface area contributed by atoms with Crippen molar-refractivity contribution in [2.75, 3.05) is 12.1 Å². The molecule has 0 saturated heterocycles. The van der Waals surface area contributed by atoms with Gasteiger partial charge in [0.15, 0.2) is 11.5 Å². The third-order valence-corrected chi connectivity index (χ3v) is 4.06. The molecule has 0 bridgehead atoms. The highest BCUT2D eigenvalue weighted by Gasteiger charge is 2.17. The first-order valence-electron chi connectivity index (χ1n) is 7.63. The van der Waals surface area contributed by atoms with Crippen molar-refractivity contribution in [3.05, 3.63) is 65.3 Å². The summed E-state index contributed by atoms with van der Waals surface area (Å²) < 4.78 is 10.6. The van der Waals surface area contributed by atoms with Gasteiger partial charge in [-0.3, -0.25) is 9.78 Å². The van der Waals surface area contributed by atoms with E-state index in [0.29, 0.717) is 22.2 Å². The van der Waals surface area contributed by atoms with Crippen molar-refractivity contribution < 1.29 is 14.3 Å². The molecule has 0 aliphatic carbocycles. The van der Waals surface area contributed by atoms with Gasteiger partial charge in [0, 0.05) is 17.7 Å². The lowest BCUT2D eigenvalue weighted by atomic mass is 10.1. The van der Waals surface area contributed by atoms with Gasteiger partial charge in [0.2, 0.25) is 12.7 Å². The Balaban J connectivity index is 1.54. The maximum absolute atomic E-state index is 12.2. The van der Waals surface area contributed by atoms with Crippen LogP contribution in [0.1, 0.15) is 5.56 Å². The maximum atomic E-state index is 12.2. The van der Waals surface area contributed by atoms with E-state index in [0.717, 1.165) is 16.5 Å². The monoisotopic (exact) mass is 352 g/mol. The van der Waals surface area contributed by atoms with Gasteiger partial charge in [-0.15, -0.1) is 0 Å². The highest BCUT2D eigenvalue weighted by Crippen LogP contribution is 2.40. The number of hydrogen-bond donors (Lipinski definition) is 1. The Labute approximate surface area is 148 Å². The van der Waals surface area contributed by atoms with Crippen molar-refractivity contribution in [3.8, 4) is 11.5 Å². The molecule has 124 valence electrons. The van der Waals surface area contributed by atoms with Gasteiger partial charge in [0.25, 0.3) is 0 Å². The molecule has 5 nitrogen and oxygen atoms in total. The number of pyridine rings is 1. The van der Waals surface area contributed by atoms with E-state index in [4.69, 9.17) is 21.1 Å². The zero-order chi connectivity index (χ0) is 17.2. The van der Waals surface area contributed by atoms with E-state index in [-0.39, 0.29) is 12.7 Å². The maximum Gasteiger partial charge on any atom is 0.248 e. The summed E-state index contributed by atoms with van der Waals surface area (Å²) in [5, 5.41) is 4.21. The molecule has 1 N–H and O–H groups in total. The van der Waals surface area contributed by atoms with Crippen LogP contribution in [0.4, 0.5) is 5.69 Å². The number of anilines is 1. The molecule has 1 aromatic heterocycles. The van der Waals surface area contributed by atoms with Crippen molar-refractivity contribution in [2.45, 2.75) is 0 Å². The number of nitrogens with one attached hydrogen (secondary N) is 1. The second-order valence-electron chi connectivity index (χ2n) is 5.43. The number of benzene rings is 2. The summed E-state index contributed by atoms with van der Waals surface area (Å²) in [5.41, 5.74) is 2.29. The molecule has 0 unspecified atom stereocenters. The molecule has 2 heterocycles. The number of carbonyl (C=O) groups excluding carboxylic acids is 1. The van der Waals surface area contributed by atoms with E-state index < -0.39 is 0 Å². The van der Waals surface area contributed by atoms with Crippen LogP contribution in [-0.4, -0.2) is 17.7 Å². The predicted octanol–water partition coefficient (Wildman–Crippen LogP) is 4.27. The van der Waals surface area contributed by atoms with E-state index in [2.05, 4.69) is 10.3 Å². The highest BCUT2D eigenvalue weighted by atomic mass is 35.5. The number of ether oxygens (including phenoxy) is 2. The van der Waals surface area contributed by atoms with Crippen LogP contribution in [0.2, 0.25) is 5.02 Å². The van der Waals surface area contributed by atoms with Gasteiger partial charge < -0.3 is 14.8 Å². The first-order chi connectivity index (χ1) is 12.2. The number of halogens is 1. The Morgan fingerprint density at radius 2 is 2.12 bits per heavy atom. The first-order valence-corrected chi connectivity index (χ1v) is 8.00. The van der Waals surface area contributed by atoms with Crippen molar-refractivity contribution >= 4 is 40.2 Å². The number of hydrogen-bond acceptors (Lipinski definition) is 4. The topological polar surface area (TPSA) is 60.5 Å². The number of nitrogens with zero attached hydrogens (tertiary/aromatic N) is 1. The average Bonchev–Trinajstić information content (AvgIpc) is 3.10. The predicted molar refractivity (Wildman–Crippen MR) is 97.0 cm³/mol. The standard InChI is InChI=1S/C19H13ClN2O3/c20-14-9-12(10-17-19(14)25-11-24-17)6-7-18(23)22-16-5-1-4-15-13(16)3-2-8-21-15/h1-10H,11H2,(H,22,23)/b7-6+. The fourth-order valence-corrected chi connectivity index (χ4v) is 2.92. The fraction of sp³-hybridized carbons (Fsp3) is 0.0526. The summed E-state index contributed by atoms with van der Waals surface area (Å²) >= 11 is 6.14. The molecular weight excluding hydrogens is 340 g/mol. The molecule has 1 amide bonds. The second kappa shape index (κ2) is 6.45. The van der Waals surface area contributed by atoms with Crippen LogP contribution in [-0.2, 0) is 4.79 Å². The van der Waals surface area contributed by atoms with Gasteiger partial charge >= 0.3 is 0 Å². The van der Waals surface area contributed by atoms with Crippen LogP contribution < -0.4 is 14.8 Å². The van der Waals surface area contributed by atoms with Crippen LogP contribution in [0.3, 0.4) is 0 Å². The Morgan fingerprint density at radius 3 is 3.04 bits per heavy atom. The minimum atomic E-state index is -0.245. The van der Waals surface area contributed by atoms with E-state index >= 15 is 0 Å². The van der Waals surface area contributed by atoms with Crippen LogP contribution in [0.25, 0.3) is 17.0 Å². The summed E-state index contributed by atoms with van der Waals surface area (Å²) in [5.74, 6) is 0.865. The molecule has 0 radical (unpaired) electrons. The van der Waals surface area contributed by atoms with Crippen LogP contribution >= 0.6 is 11.6 Å². The zero-order valence-electron chi connectivity index (χ0n) is 13.0. The van der Waals surface area contributed by atoms with E-state index in [1.807, 2.05) is 30.3 Å². The minimum Gasteiger partial charge on any atom is -0.454 e. The molecule has 1 aliphatic rings. The Kier molecular flexibility index (Phi) is 3.99. The largest absolute Gasteiger partial charge is 0.454 e. The van der Waals surface area contributed by atoms with Gasteiger partial charge in [-0.05, 0) is 48.0 Å². The molecule has 1 aliphatic heterocycles. The lowest BCUT2D eigenvalue weighted by molar-refractivity contribution is -0.111. The Morgan fingerprint density at radius 1 is 1.20 bits per heavy atom. The van der Waals surface area contributed by atoms with E-state index in [9.17, 15) is 4.79 Å². The van der Waals surface area contributed by atoms with Crippen molar-refractivity contribution in [1.82, 2.24) is 4.98 Å². The highest BCUT2D eigenvalue weighted by molar-refractivity contribution is 6.32. The van der Waals surface area contributed by atoms with Gasteiger partial charge in [0.05, 0.1) is 16.2 Å². The summed E-state index contributed by atoms with van der Waals surface area (Å²) in [6, 6.07) is 12.8. The quantitative estimate of drug-likeness (QED) is 0.715. The average molecular weight is 353 g/mol. The van der Waals surface area contributed by atoms with Gasteiger partial charge in [-0.1, -0.05) is 17.7 Å². The number of fused-ring (bicyclic) bond motifs is 2. The summed E-state index contributed by atoms with van der Waals surface area (Å²) in [7, 11) is 0. The molecule has 0 spiro atoms. The smallest absolute Gasteiger partial charge is 0.248 e. The number of aromatic nitrogens is 1. The molecule has 0 fully saturated rings. The SMILES string of the molecule is O=C(/C=C/c1cc(Cl)c2c(c1)OCO2)Nc1cccc2ncccc12. The van der Waals surface area contributed by atoms with E-state index in [1.54, 1.807) is 24.4 Å². The molecule has 2 aromatic carbocycles. The third-order valence-electron chi connectivity index (χ3n) is 3.78. The first kappa shape index (κ1) is 15.5. The molecule has 4 rings (SSSR count). The molecule has 25 heavy (non-hydrogen) atoms. The molecule has 3 aromatic rings. The lowest BCUT2D eigenvalue weighted by Crippen LogP contribution is -2.08. The fourth-order valence-electron chi connectivity index (χ4n) is 2.64. The van der Waals surface area contributed by atoms with E-state index in [1.165, 1.54) is 6.08 Å². The van der Waals surface area contributed by atoms with Crippen LogP contribution in [0, 0.1) is 0 Å². The Hall–Kier alpha value is -3.05. The van der Waals surface area contributed by atoms with Crippen LogP contribution in [0.15, 0.2) is 54.7 Å². The number of carbonyl (C=O) groups is 1. The zero-order valence-corrected chi connectivity index (χ0v) is 13.8.